The lowest BCUT2D eigenvalue weighted by atomic mass is 10.2. The van der Waals surface area contributed by atoms with Gasteiger partial charge < -0.3 is 5.32 Å². The zero-order chi connectivity index (χ0) is 10.4. The molecule has 0 radical (unpaired) electrons. The Morgan fingerprint density at radius 1 is 1.57 bits per heavy atom. The minimum atomic E-state index is 0.0532. The molecule has 0 atom stereocenters. The minimum absolute atomic E-state index is 0.0532. The first-order valence-corrected chi connectivity index (χ1v) is 5.99. The summed E-state index contributed by atoms with van der Waals surface area (Å²) in [6.07, 6.45) is 1.90. The van der Waals surface area contributed by atoms with Crippen molar-refractivity contribution >= 4 is 29.3 Å². The van der Waals surface area contributed by atoms with E-state index in [4.69, 9.17) is 11.6 Å². The van der Waals surface area contributed by atoms with E-state index in [0.29, 0.717) is 17.3 Å². The van der Waals surface area contributed by atoms with Crippen molar-refractivity contribution in [2.75, 3.05) is 12.0 Å². The zero-order valence-electron chi connectivity index (χ0n) is 7.92. The number of carbonyl (C=O) groups excluding carboxylic acids is 1. The number of thioether (sulfide) groups is 1. The summed E-state index contributed by atoms with van der Waals surface area (Å²) in [4.78, 5) is 11.1. The maximum Gasteiger partial charge on any atom is 0.230 e. The van der Waals surface area contributed by atoms with Crippen molar-refractivity contribution in [2.24, 2.45) is 0 Å². The third-order valence-electron chi connectivity index (χ3n) is 1.65. The predicted octanol–water partition coefficient (Wildman–Crippen LogP) is 2.32. The molecule has 0 heterocycles. The zero-order valence-corrected chi connectivity index (χ0v) is 9.49. The summed E-state index contributed by atoms with van der Waals surface area (Å²) in [7, 11) is 0. The van der Waals surface area contributed by atoms with Gasteiger partial charge in [-0.05, 0) is 24.0 Å². The van der Waals surface area contributed by atoms with Crippen LogP contribution in [0.1, 0.15) is 5.56 Å². The summed E-state index contributed by atoms with van der Waals surface area (Å²) in [5.41, 5.74) is 1.02. The summed E-state index contributed by atoms with van der Waals surface area (Å²) < 4.78 is 0. The molecule has 1 aromatic carbocycles. The van der Waals surface area contributed by atoms with Crippen LogP contribution in [0.15, 0.2) is 24.3 Å². The number of halogens is 1. The Hall–Kier alpha value is -0.670. The van der Waals surface area contributed by atoms with Crippen LogP contribution in [0.2, 0.25) is 5.02 Å². The van der Waals surface area contributed by atoms with Crippen LogP contribution >= 0.6 is 23.4 Å². The average molecular weight is 230 g/mol. The van der Waals surface area contributed by atoms with E-state index in [-0.39, 0.29) is 5.91 Å². The van der Waals surface area contributed by atoms with Gasteiger partial charge in [0.05, 0.1) is 5.75 Å². The summed E-state index contributed by atoms with van der Waals surface area (Å²) >= 11 is 7.31. The molecule has 0 unspecified atom stereocenters. The second-order valence-corrected chi connectivity index (χ2v) is 4.14. The number of hydrogen-bond acceptors (Lipinski definition) is 2. The Balaban J connectivity index is 2.41. The van der Waals surface area contributed by atoms with E-state index < -0.39 is 0 Å². The largest absolute Gasteiger partial charge is 0.351 e. The Morgan fingerprint density at radius 3 is 3.00 bits per heavy atom. The Kier molecular flexibility index (Phi) is 4.84. The lowest BCUT2D eigenvalue weighted by molar-refractivity contribution is -0.118. The van der Waals surface area contributed by atoms with Crippen molar-refractivity contribution < 1.29 is 4.79 Å². The van der Waals surface area contributed by atoms with E-state index in [9.17, 15) is 4.79 Å². The topological polar surface area (TPSA) is 29.1 Å². The molecule has 0 bridgehead atoms. The van der Waals surface area contributed by atoms with Gasteiger partial charge >= 0.3 is 0 Å². The molecule has 14 heavy (non-hydrogen) atoms. The van der Waals surface area contributed by atoms with Crippen LogP contribution in [0.25, 0.3) is 0 Å². The van der Waals surface area contributed by atoms with Crippen LogP contribution in [-0.2, 0) is 11.3 Å². The van der Waals surface area contributed by atoms with Crippen LogP contribution in [0, 0.1) is 0 Å². The molecule has 1 N–H and O–H groups in total. The van der Waals surface area contributed by atoms with Gasteiger partial charge in [-0.15, -0.1) is 0 Å². The molecule has 0 aromatic heterocycles. The molecule has 0 fully saturated rings. The number of amides is 1. The molecule has 0 spiro atoms. The number of carbonyl (C=O) groups is 1. The van der Waals surface area contributed by atoms with Crippen molar-refractivity contribution in [3.63, 3.8) is 0 Å². The standard InChI is InChI=1S/C10H12ClNOS/c1-14-7-10(13)12-6-8-3-2-4-9(11)5-8/h2-5H,6-7H2,1H3,(H,12,13). The van der Waals surface area contributed by atoms with Crippen molar-refractivity contribution in [3.05, 3.63) is 34.9 Å². The number of nitrogens with one attached hydrogen (secondary N) is 1. The molecule has 0 aliphatic carbocycles. The fraction of sp³-hybridized carbons (Fsp3) is 0.300. The third-order valence-corrected chi connectivity index (χ3v) is 2.44. The highest BCUT2D eigenvalue weighted by Crippen LogP contribution is 2.10. The van der Waals surface area contributed by atoms with Gasteiger partial charge in [0.25, 0.3) is 0 Å². The van der Waals surface area contributed by atoms with Gasteiger partial charge in [-0.2, -0.15) is 11.8 Å². The number of benzene rings is 1. The number of rotatable bonds is 4. The first-order valence-electron chi connectivity index (χ1n) is 4.22. The van der Waals surface area contributed by atoms with Crippen LogP contribution < -0.4 is 5.32 Å². The lowest BCUT2D eigenvalue weighted by Gasteiger charge is -2.04. The SMILES string of the molecule is CSCC(=O)NCc1cccc(Cl)c1. The molecule has 76 valence electrons. The molecule has 1 aromatic rings. The molecule has 1 rings (SSSR count). The van der Waals surface area contributed by atoms with Crippen molar-refractivity contribution in [2.45, 2.75) is 6.54 Å². The first-order chi connectivity index (χ1) is 6.72. The maximum atomic E-state index is 11.1. The molecule has 0 aliphatic rings. The van der Waals surface area contributed by atoms with E-state index in [1.165, 1.54) is 11.8 Å². The van der Waals surface area contributed by atoms with Gasteiger partial charge in [0, 0.05) is 11.6 Å². The minimum Gasteiger partial charge on any atom is -0.351 e. The predicted molar refractivity (Wildman–Crippen MR) is 61.7 cm³/mol. The Morgan fingerprint density at radius 2 is 2.36 bits per heavy atom. The smallest absolute Gasteiger partial charge is 0.230 e. The van der Waals surface area contributed by atoms with E-state index in [1.807, 2.05) is 30.5 Å². The summed E-state index contributed by atoms with van der Waals surface area (Å²) in [5.74, 6) is 0.554. The van der Waals surface area contributed by atoms with Gasteiger partial charge in [-0.1, -0.05) is 23.7 Å². The fourth-order valence-corrected chi connectivity index (χ4v) is 1.61. The average Bonchev–Trinajstić information content (AvgIpc) is 2.15. The molecule has 0 saturated heterocycles. The first kappa shape index (κ1) is 11.4. The second-order valence-electron chi connectivity index (χ2n) is 2.84. The highest BCUT2D eigenvalue weighted by atomic mass is 35.5. The molecular weight excluding hydrogens is 218 g/mol. The normalized spacial score (nSPS) is 9.86. The van der Waals surface area contributed by atoms with Crippen molar-refractivity contribution in [3.8, 4) is 0 Å². The summed E-state index contributed by atoms with van der Waals surface area (Å²) in [5, 5.41) is 3.50. The van der Waals surface area contributed by atoms with E-state index >= 15 is 0 Å². The maximum absolute atomic E-state index is 11.1. The lowest BCUT2D eigenvalue weighted by Crippen LogP contribution is -2.24. The number of hydrogen-bond donors (Lipinski definition) is 1. The molecule has 0 aliphatic heterocycles. The molecule has 2 nitrogen and oxygen atoms in total. The second kappa shape index (κ2) is 5.94. The van der Waals surface area contributed by atoms with Crippen LogP contribution in [0.4, 0.5) is 0 Å². The molecule has 1 amide bonds. The van der Waals surface area contributed by atoms with Gasteiger partial charge in [0.15, 0.2) is 0 Å². The third kappa shape index (κ3) is 4.03. The fourth-order valence-electron chi connectivity index (χ4n) is 1.03. The molecule has 0 saturated carbocycles. The Labute approximate surface area is 93.0 Å². The summed E-state index contributed by atoms with van der Waals surface area (Å²) in [6, 6.07) is 7.47. The molecular formula is C10H12ClNOS. The van der Waals surface area contributed by atoms with Gasteiger partial charge in [-0.3, -0.25) is 4.79 Å². The van der Waals surface area contributed by atoms with Crippen molar-refractivity contribution in [1.82, 2.24) is 5.32 Å². The van der Waals surface area contributed by atoms with E-state index in [0.717, 1.165) is 5.56 Å². The van der Waals surface area contributed by atoms with Gasteiger partial charge in [-0.25, -0.2) is 0 Å². The quantitative estimate of drug-likeness (QED) is 0.859. The van der Waals surface area contributed by atoms with Crippen LogP contribution in [0.3, 0.4) is 0 Å². The van der Waals surface area contributed by atoms with Crippen molar-refractivity contribution in [1.29, 1.82) is 0 Å². The highest BCUT2D eigenvalue weighted by Gasteiger charge is 1.99. The van der Waals surface area contributed by atoms with Crippen LogP contribution in [0.5, 0.6) is 0 Å². The summed E-state index contributed by atoms with van der Waals surface area (Å²) in [6.45, 7) is 0.542. The van der Waals surface area contributed by atoms with Crippen LogP contribution in [-0.4, -0.2) is 17.9 Å². The molecule has 4 heteroatoms. The van der Waals surface area contributed by atoms with Gasteiger partial charge in [0.1, 0.15) is 0 Å². The van der Waals surface area contributed by atoms with E-state index in [2.05, 4.69) is 5.32 Å². The monoisotopic (exact) mass is 229 g/mol. The Bertz CT molecular complexity index is 317. The van der Waals surface area contributed by atoms with E-state index in [1.54, 1.807) is 0 Å². The highest BCUT2D eigenvalue weighted by molar-refractivity contribution is 7.99. The van der Waals surface area contributed by atoms with Gasteiger partial charge in [0.2, 0.25) is 5.91 Å².